The van der Waals surface area contributed by atoms with Crippen molar-refractivity contribution in [1.82, 2.24) is 40.0 Å². The van der Waals surface area contributed by atoms with Gasteiger partial charge in [-0.1, -0.05) is 19.6 Å². The maximum atomic E-state index is 14.5. The van der Waals surface area contributed by atoms with Crippen LogP contribution in [0.5, 0.6) is 0 Å². The minimum Gasteiger partial charge on any atom is -0.393 e. The molecule has 2 aliphatic heterocycles. The average molecular weight is 719 g/mol. The van der Waals surface area contributed by atoms with Crippen molar-refractivity contribution in [2.75, 3.05) is 33.0 Å². The standard InChI is InChI=1S/C27H44ClN8O9PSi/c1-8-41-46(38,42-9-2)27(16-37,12-20-32-33-34-35(20)17-39-10-11-47(5,6)7)40-15-19-21-22(45-26(3,4)44-21)24(43-19)36-23-18(14-30-36)13-29-25(28)31-23/h13-14,19,21-22,24,37H,8-12,15-17H2,1-7H3/t19-,21-,22-,24-,27?/m1/s1. The summed E-state index contributed by atoms with van der Waals surface area (Å²) in [7, 11) is -5.50. The molecule has 2 fully saturated rings. The predicted octanol–water partition coefficient (Wildman–Crippen LogP) is 3.41. The summed E-state index contributed by atoms with van der Waals surface area (Å²) in [5, 5.41) is 26.2. The second kappa shape index (κ2) is 14.5. The second-order valence-corrected chi connectivity index (χ2v) is 21.3. The number of rotatable bonds is 17. The summed E-state index contributed by atoms with van der Waals surface area (Å²) in [6.45, 7) is 13.4. The van der Waals surface area contributed by atoms with Gasteiger partial charge in [0.15, 0.2) is 28.8 Å². The molecule has 0 radical (unpaired) electrons. The number of aliphatic hydroxyl groups is 1. The molecular formula is C27H44ClN8O9PSi. The smallest absolute Gasteiger partial charge is 0.365 e. The Bertz CT molecular complexity index is 1550. The largest absolute Gasteiger partial charge is 0.393 e. The Kier molecular flexibility index (Phi) is 11.2. The molecule has 3 aromatic heterocycles. The van der Waals surface area contributed by atoms with Crippen molar-refractivity contribution in [3.63, 3.8) is 0 Å². The maximum absolute atomic E-state index is 14.5. The third kappa shape index (κ3) is 7.93. The number of ether oxygens (including phenoxy) is 5. The highest BCUT2D eigenvalue weighted by Crippen LogP contribution is 2.62. The maximum Gasteiger partial charge on any atom is 0.365 e. The molecule has 1 unspecified atom stereocenters. The van der Waals surface area contributed by atoms with Gasteiger partial charge in [0.1, 0.15) is 25.0 Å². The Balaban J connectivity index is 1.42. The second-order valence-electron chi connectivity index (χ2n) is 13.0. The number of halogens is 1. The van der Waals surface area contributed by atoms with Crippen molar-refractivity contribution in [3.05, 3.63) is 23.5 Å². The van der Waals surface area contributed by atoms with Gasteiger partial charge in [-0.2, -0.15) is 10.1 Å². The van der Waals surface area contributed by atoms with Crippen LogP contribution >= 0.6 is 19.2 Å². The Morgan fingerprint density at radius 2 is 1.87 bits per heavy atom. The molecule has 0 saturated carbocycles. The van der Waals surface area contributed by atoms with Gasteiger partial charge in [-0.3, -0.25) is 4.57 Å². The molecule has 0 amide bonds. The molecule has 3 aromatic rings. The number of aliphatic hydroxyl groups excluding tert-OH is 1. The predicted molar refractivity (Wildman–Crippen MR) is 170 cm³/mol. The van der Waals surface area contributed by atoms with E-state index in [1.54, 1.807) is 44.8 Å². The minimum absolute atomic E-state index is 0.0295. The van der Waals surface area contributed by atoms with Crippen molar-refractivity contribution in [2.24, 2.45) is 0 Å². The molecule has 0 spiro atoms. The van der Waals surface area contributed by atoms with Gasteiger partial charge in [-0.05, 0) is 55.8 Å². The van der Waals surface area contributed by atoms with Gasteiger partial charge < -0.3 is 37.8 Å². The summed E-state index contributed by atoms with van der Waals surface area (Å²) in [5.41, 5.74) is 0.449. The van der Waals surface area contributed by atoms with E-state index in [9.17, 15) is 9.67 Å². The molecule has 5 heterocycles. The molecule has 1 N–H and O–H groups in total. The normalized spacial score (nSPS) is 24.2. The summed E-state index contributed by atoms with van der Waals surface area (Å²) < 4.78 is 60.2. The molecule has 5 atom stereocenters. The summed E-state index contributed by atoms with van der Waals surface area (Å²) in [4.78, 5) is 8.36. The van der Waals surface area contributed by atoms with E-state index >= 15 is 0 Å². The first kappa shape index (κ1) is 36.3. The van der Waals surface area contributed by atoms with Gasteiger partial charge in [0, 0.05) is 20.9 Å². The lowest BCUT2D eigenvalue weighted by atomic mass is 10.1. The van der Waals surface area contributed by atoms with Crippen LogP contribution in [0.15, 0.2) is 12.4 Å². The van der Waals surface area contributed by atoms with Crippen molar-refractivity contribution in [2.45, 2.75) is 102 Å². The molecule has 2 aliphatic rings. The van der Waals surface area contributed by atoms with E-state index in [2.05, 4.69) is 50.2 Å². The van der Waals surface area contributed by atoms with Crippen LogP contribution < -0.4 is 0 Å². The molecule has 17 nitrogen and oxygen atoms in total. The molecule has 5 rings (SSSR count). The summed E-state index contributed by atoms with van der Waals surface area (Å²) in [6.07, 6.45) is 0.135. The fraction of sp³-hybridized carbons (Fsp3) is 0.778. The van der Waals surface area contributed by atoms with E-state index in [1.807, 2.05) is 0 Å². The Labute approximate surface area is 279 Å². The van der Waals surface area contributed by atoms with Crippen LogP contribution in [0.4, 0.5) is 0 Å². The zero-order valence-electron chi connectivity index (χ0n) is 27.7. The van der Waals surface area contributed by atoms with Crippen LogP contribution in [0, 0.1) is 0 Å². The van der Waals surface area contributed by atoms with Crippen LogP contribution in [0.25, 0.3) is 11.0 Å². The van der Waals surface area contributed by atoms with Crippen LogP contribution in [0.2, 0.25) is 31.0 Å². The van der Waals surface area contributed by atoms with Crippen molar-refractivity contribution in [3.8, 4) is 0 Å². The van der Waals surface area contributed by atoms with Crippen LogP contribution in [0.1, 0.15) is 39.7 Å². The fourth-order valence-electron chi connectivity index (χ4n) is 5.48. The summed E-state index contributed by atoms with van der Waals surface area (Å²) in [6, 6.07) is 0.958. The van der Waals surface area contributed by atoms with Gasteiger partial charge in [-0.25, -0.2) is 14.3 Å². The molecule has 0 aliphatic carbocycles. The average Bonchev–Trinajstić information content (AvgIpc) is 3.76. The van der Waals surface area contributed by atoms with Gasteiger partial charge >= 0.3 is 7.60 Å². The van der Waals surface area contributed by atoms with Crippen LogP contribution in [-0.2, 0) is 50.4 Å². The first-order valence-corrected chi connectivity index (χ1v) is 21.2. The molecule has 47 heavy (non-hydrogen) atoms. The lowest BCUT2D eigenvalue weighted by Gasteiger charge is -2.37. The van der Waals surface area contributed by atoms with Gasteiger partial charge in [0.2, 0.25) is 5.28 Å². The molecule has 2 saturated heterocycles. The fourth-order valence-corrected chi connectivity index (χ4v) is 8.33. The number of hydrogen-bond donors (Lipinski definition) is 1. The zero-order chi connectivity index (χ0) is 34.0. The van der Waals surface area contributed by atoms with Crippen molar-refractivity contribution >= 4 is 38.3 Å². The molecular weight excluding hydrogens is 675 g/mol. The zero-order valence-corrected chi connectivity index (χ0v) is 30.4. The third-order valence-electron chi connectivity index (χ3n) is 7.78. The van der Waals surface area contributed by atoms with E-state index in [-0.39, 0.29) is 44.1 Å². The highest BCUT2D eigenvalue weighted by Gasteiger charge is 2.59. The Hall–Kier alpha value is -1.96. The number of fused-ring (bicyclic) bond motifs is 2. The summed E-state index contributed by atoms with van der Waals surface area (Å²) >= 11 is 6.10. The van der Waals surface area contributed by atoms with E-state index in [1.165, 1.54) is 4.68 Å². The van der Waals surface area contributed by atoms with Crippen LogP contribution in [-0.4, -0.2) is 116 Å². The van der Waals surface area contributed by atoms with Gasteiger partial charge in [0.05, 0.1) is 44.4 Å². The van der Waals surface area contributed by atoms with E-state index in [4.69, 9.17) is 44.3 Å². The lowest BCUT2D eigenvalue weighted by Crippen LogP contribution is -2.45. The SMILES string of the molecule is CCOP(=O)(OCC)C(CO)(Cc1nnnn1COCC[Si](C)(C)C)OC[C@H]1O[C@@H](n2ncc3cnc(Cl)nc32)[C@@H]2OC(C)(C)O[C@@H]21. The first-order chi connectivity index (χ1) is 22.2. The number of aromatic nitrogens is 8. The van der Waals surface area contributed by atoms with Gasteiger partial charge in [-0.15, -0.1) is 5.10 Å². The quantitative estimate of drug-likeness (QED) is 0.0924. The van der Waals surface area contributed by atoms with E-state index < -0.39 is 57.9 Å². The Morgan fingerprint density at radius 1 is 1.15 bits per heavy atom. The van der Waals surface area contributed by atoms with E-state index in [0.717, 1.165) is 6.04 Å². The molecule has 262 valence electrons. The molecule has 0 bridgehead atoms. The van der Waals surface area contributed by atoms with Gasteiger partial charge in [0.25, 0.3) is 0 Å². The molecule has 0 aromatic carbocycles. The highest BCUT2D eigenvalue weighted by atomic mass is 35.5. The van der Waals surface area contributed by atoms with E-state index in [0.29, 0.717) is 17.6 Å². The monoisotopic (exact) mass is 718 g/mol. The molecule has 20 heteroatoms. The lowest BCUT2D eigenvalue weighted by molar-refractivity contribution is -0.207. The topological polar surface area (TPSA) is 189 Å². The van der Waals surface area contributed by atoms with Crippen molar-refractivity contribution < 1.29 is 42.4 Å². The number of hydrogen-bond acceptors (Lipinski definition) is 15. The number of nitrogens with zero attached hydrogens (tertiary/aromatic N) is 8. The number of tetrazole rings is 1. The highest BCUT2D eigenvalue weighted by molar-refractivity contribution is 7.55. The third-order valence-corrected chi connectivity index (χ3v) is 12.3. The minimum atomic E-state index is -4.18. The Morgan fingerprint density at radius 3 is 2.55 bits per heavy atom. The van der Waals surface area contributed by atoms with Crippen molar-refractivity contribution in [1.29, 1.82) is 0 Å². The first-order valence-electron chi connectivity index (χ1n) is 15.6. The summed E-state index contributed by atoms with van der Waals surface area (Å²) in [5.74, 6) is -0.695. The van der Waals surface area contributed by atoms with Crippen LogP contribution in [0.3, 0.4) is 0 Å².